The molecule has 1 aromatic carbocycles. The Hall–Kier alpha value is -3.15. The van der Waals surface area contributed by atoms with Crippen molar-refractivity contribution < 1.29 is 9.53 Å². The lowest BCUT2D eigenvalue weighted by Gasteiger charge is -2.25. The number of nitrogens with zero attached hydrogens (tertiary/aromatic N) is 4. The van der Waals surface area contributed by atoms with Gasteiger partial charge < -0.3 is 9.64 Å². The Labute approximate surface area is 152 Å². The van der Waals surface area contributed by atoms with Crippen LogP contribution in [-0.4, -0.2) is 39.0 Å². The third-order valence-electron chi connectivity index (χ3n) is 4.78. The van der Waals surface area contributed by atoms with E-state index >= 15 is 0 Å². The number of ether oxygens (including phenoxy) is 1. The predicted molar refractivity (Wildman–Crippen MR) is 97.4 cm³/mol. The molecule has 132 valence electrons. The highest BCUT2D eigenvalue weighted by atomic mass is 16.5. The molecule has 0 radical (unpaired) electrons. The minimum absolute atomic E-state index is 0.0343. The molecule has 0 unspecified atom stereocenters. The maximum absolute atomic E-state index is 13.1. The van der Waals surface area contributed by atoms with Gasteiger partial charge in [0.05, 0.1) is 13.2 Å². The SMILES string of the molecule is COc1ccc([C@H]2CCCN2C(=O)c2ccnc(-n3ccnc3)c2)cc1. The average Bonchev–Trinajstić information content (AvgIpc) is 3.39. The third kappa shape index (κ3) is 3.06. The molecule has 0 saturated carbocycles. The summed E-state index contributed by atoms with van der Waals surface area (Å²) < 4.78 is 7.02. The number of aromatic nitrogens is 3. The second kappa shape index (κ2) is 7.00. The van der Waals surface area contributed by atoms with Crippen molar-refractivity contribution in [2.24, 2.45) is 0 Å². The minimum atomic E-state index is 0.0343. The van der Waals surface area contributed by atoms with E-state index in [1.54, 1.807) is 36.5 Å². The van der Waals surface area contributed by atoms with E-state index in [0.717, 1.165) is 30.7 Å². The van der Waals surface area contributed by atoms with Crippen LogP contribution in [0.15, 0.2) is 61.3 Å². The number of carbonyl (C=O) groups is 1. The number of pyridine rings is 1. The van der Waals surface area contributed by atoms with Crippen LogP contribution < -0.4 is 4.74 Å². The van der Waals surface area contributed by atoms with Crippen molar-refractivity contribution >= 4 is 5.91 Å². The zero-order valence-corrected chi connectivity index (χ0v) is 14.6. The summed E-state index contributed by atoms with van der Waals surface area (Å²) in [4.78, 5) is 23.4. The number of hydrogen-bond acceptors (Lipinski definition) is 4. The Morgan fingerprint density at radius 3 is 2.77 bits per heavy atom. The van der Waals surface area contributed by atoms with E-state index in [4.69, 9.17) is 4.74 Å². The summed E-state index contributed by atoms with van der Waals surface area (Å²) in [6.45, 7) is 0.762. The first kappa shape index (κ1) is 16.3. The van der Waals surface area contributed by atoms with Crippen LogP contribution in [0.4, 0.5) is 0 Å². The van der Waals surface area contributed by atoms with Crippen molar-refractivity contribution in [3.8, 4) is 11.6 Å². The highest BCUT2D eigenvalue weighted by Crippen LogP contribution is 2.34. The van der Waals surface area contributed by atoms with Crippen molar-refractivity contribution in [3.05, 3.63) is 72.4 Å². The quantitative estimate of drug-likeness (QED) is 0.726. The molecule has 3 heterocycles. The van der Waals surface area contributed by atoms with Gasteiger partial charge in [-0.25, -0.2) is 9.97 Å². The molecule has 6 heteroatoms. The topological polar surface area (TPSA) is 60.2 Å². The fourth-order valence-corrected chi connectivity index (χ4v) is 3.44. The van der Waals surface area contributed by atoms with Crippen molar-refractivity contribution in [1.82, 2.24) is 19.4 Å². The summed E-state index contributed by atoms with van der Waals surface area (Å²) >= 11 is 0. The smallest absolute Gasteiger partial charge is 0.254 e. The molecular weight excluding hydrogens is 328 g/mol. The maximum Gasteiger partial charge on any atom is 0.254 e. The maximum atomic E-state index is 13.1. The summed E-state index contributed by atoms with van der Waals surface area (Å²) in [5.74, 6) is 1.55. The van der Waals surface area contributed by atoms with Crippen LogP contribution in [0.2, 0.25) is 0 Å². The number of amides is 1. The first-order chi connectivity index (χ1) is 12.8. The summed E-state index contributed by atoms with van der Waals surface area (Å²) in [6, 6.07) is 11.6. The molecule has 6 nitrogen and oxygen atoms in total. The third-order valence-corrected chi connectivity index (χ3v) is 4.78. The molecule has 0 spiro atoms. The minimum Gasteiger partial charge on any atom is -0.497 e. The lowest BCUT2D eigenvalue weighted by atomic mass is 10.0. The van der Waals surface area contributed by atoms with E-state index in [2.05, 4.69) is 9.97 Å². The molecule has 1 aliphatic heterocycles. The van der Waals surface area contributed by atoms with Crippen molar-refractivity contribution in [2.75, 3.05) is 13.7 Å². The number of likely N-dealkylation sites (tertiary alicyclic amines) is 1. The number of benzene rings is 1. The second-order valence-corrected chi connectivity index (χ2v) is 6.30. The monoisotopic (exact) mass is 348 g/mol. The molecule has 0 aliphatic carbocycles. The van der Waals surface area contributed by atoms with Gasteiger partial charge in [0.2, 0.25) is 0 Å². The zero-order valence-electron chi connectivity index (χ0n) is 14.6. The van der Waals surface area contributed by atoms with Gasteiger partial charge in [-0.15, -0.1) is 0 Å². The van der Waals surface area contributed by atoms with Crippen LogP contribution in [0.1, 0.15) is 34.8 Å². The summed E-state index contributed by atoms with van der Waals surface area (Å²) in [7, 11) is 1.65. The fraction of sp³-hybridized carbons (Fsp3) is 0.250. The van der Waals surface area contributed by atoms with Crippen molar-refractivity contribution in [1.29, 1.82) is 0 Å². The molecular formula is C20H20N4O2. The Morgan fingerprint density at radius 1 is 1.19 bits per heavy atom. The molecule has 0 bridgehead atoms. The molecule has 1 aliphatic rings. The number of imidazole rings is 1. The van der Waals surface area contributed by atoms with Crippen LogP contribution >= 0.6 is 0 Å². The van der Waals surface area contributed by atoms with Gasteiger partial charge in [-0.2, -0.15) is 0 Å². The van der Waals surface area contributed by atoms with E-state index in [0.29, 0.717) is 11.4 Å². The largest absolute Gasteiger partial charge is 0.497 e. The molecule has 1 saturated heterocycles. The fourth-order valence-electron chi connectivity index (χ4n) is 3.44. The standard InChI is InChI=1S/C20H20N4O2/c1-26-17-6-4-15(5-7-17)18-3-2-11-24(18)20(25)16-8-9-22-19(13-16)23-12-10-21-14-23/h4-10,12-14,18H,2-3,11H2,1H3/t18-/m1/s1. The molecule has 3 aromatic rings. The first-order valence-corrected chi connectivity index (χ1v) is 8.65. The number of carbonyl (C=O) groups excluding carboxylic acids is 1. The van der Waals surface area contributed by atoms with Crippen molar-refractivity contribution in [2.45, 2.75) is 18.9 Å². The summed E-state index contributed by atoms with van der Waals surface area (Å²) in [6.07, 6.45) is 8.82. The Morgan fingerprint density at radius 2 is 2.04 bits per heavy atom. The van der Waals surface area contributed by atoms with Gasteiger partial charge >= 0.3 is 0 Å². The predicted octanol–water partition coefficient (Wildman–Crippen LogP) is 3.25. The molecule has 0 N–H and O–H groups in total. The average molecular weight is 348 g/mol. The van der Waals surface area contributed by atoms with Gasteiger partial charge in [0.15, 0.2) is 0 Å². The van der Waals surface area contributed by atoms with Crippen LogP contribution in [-0.2, 0) is 0 Å². The van der Waals surface area contributed by atoms with Crippen LogP contribution in [0, 0.1) is 0 Å². The highest BCUT2D eigenvalue weighted by Gasteiger charge is 2.30. The summed E-state index contributed by atoms with van der Waals surface area (Å²) in [5, 5.41) is 0. The van der Waals surface area contributed by atoms with E-state index in [1.165, 1.54) is 0 Å². The molecule has 4 rings (SSSR count). The lowest BCUT2D eigenvalue weighted by molar-refractivity contribution is 0.0735. The molecule has 26 heavy (non-hydrogen) atoms. The van der Waals surface area contributed by atoms with Gasteiger partial charge in [0.25, 0.3) is 5.91 Å². The van der Waals surface area contributed by atoms with Crippen molar-refractivity contribution in [3.63, 3.8) is 0 Å². The molecule has 1 amide bonds. The molecule has 1 atom stereocenters. The number of methoxy groups -OCH3 is 1. The van der Waals surface area contributed by atoms with E-state index in [1.807, 2.05) is 41.4 Å². The second-order valence-electron chi connectivity index (χ2n) is 6.30. The van der Waals surface area contributed by atoms with Crippen LogP contribution in [0.3, 0.4) is 0 Å². The van der Waals surface area contributed by atoms with Crippen LogP contribution in [0.5, 0.6) is 5.75 Å². The van der Waals surface area contributed by atoms with Gasteiger partial charge in [-0.3, -0.25) is 9.36 Å². The summed E-state index contributed by atoms with van der Waals surface area (Å²) in [5.41, 5.74) is 1.78. The lowest BCUT2D eigenvalue weighted by Crippen LogP contribution is -2.30. The van der Waals surface area contributed by atoms with Gasteiger partial charge in [0.1, 0.15) is 17.9 Å². The van der Waals surface area contributed by atoms with Gasteiger partial charge in [0, 0.05) is 30.7 Å². The molecule has 2 aromatic heterocycles. The van der Waals surface area contributed by atoms with Gasteiger partial charge in [-0.05, 0) is 42.7 Å². The van der Waals surface area contributed by atoms with E-state index < -0.39 is 0 Å². The van der Waals surface area contributed by atoms with E-state index in [-0.39, 0.29) is 11.9 Å². The van der Waals surface area contributed by atoms with Gasteiger partial charge in [-0.1, -0.05) is 12.1 Å². The first-order valence-electron chi connectivity index (χ1n) is 8.65. The van der Waals surface area contributed by atoms with E-state index in [9.17, 15) is 4.79 Å². The zero-order chi connectivity index (χ0) is 17.9. The Bertz CT molecular complexity index is 890. The molecule has 1 fully saturated rings. The highest BCUT2D eigenvalue weighted by molar-refractivity contribution is 5.95. The Balaban J connectivity index is 1.59. The normalized spacial score (nSPS) is 16.7. The Kier molecular flexibility index (Phi) is 4.39. The number of hydrogen-bond donors (Lipinski definition) is 0. The van der Waals surface area contributed by atoms with Crippen LogP contribution in [0.25, 0.3) is 5.82 Å². The number of rotatable bonds is 4.